The van der Waals surface area contributed by atoms with Crippen LogP contribution in [0.4, 0.5) is 13.2 Å². The molecule has 0 N–H and O–H groups in total. The minimum absolute atomic E-state index is 0.102. The minimum atomic E-state index is -4.41. The SMILES string of the molecule is CCOC(=O)C(CC)C1CCC(c2ccnc(C(F)(F)F)c2)CC1. The van der Waals surface area contributed by atoms with Gasteiger partial charge in [-0.3, -0.25) is 9.78 Å². The van der Waals surface area contributed by atoms with Gasteiger partial charge in [-0.2, -0.15) is 13.2 Å². The van der Waals surface area contributed by atoms with Crippen molar-refractivity contribution in [3.8, 4) is 0 Å². The Kier molecular flexibility index (Phi) is 6.24. The molecule has 1 saturated carbocycles. The number of nitrogens with zero attached hydrogens (tertiary/aromatic N) is 1. The van der Waals surface area contributed by atoms with E-state index in [0.717, 1.165) is 38.2 Å². The van der Waals surface area contributed by atoms with Crippen molar-refractivity contribution in [2.75, 3.05) is 6.61 Å². The van der Waals surface area contributed by atoms with Gasteiger partial charge in [0, 0.05) is 6.20 Å². The van der Waals surface area contributed by atoms with Crippen LogP contribution in [0.3, 0.4) is 0 Å². The Labute approximate surface area is 140 Å². The van der Waals surface area contributed by atoms with Crippen LogP contribution in [0.1, 0.15) is 63.1 Å². The van der Waals surface area contributed by atoms with Gasteiger partial charge >= 0.3 is 12.1 Å². The first-order valence-electron chi connectivity index (χ1n) is 8.56. The summed E-state index contributed by atoms with van der Waals surface area (Å²) >= 11 is 0. The highest BCUT2D eigenvalue weighted by Crippen LogP contribution is 2.40. The topological polar surface area (TPSA) is 39.2 Å². The Balaban J connectivity index is 2.01. The number of halogens is 3. The van der Waals surface area contributed by atoms with Crippen molar-refractivity contribution in [1.82, 2.24) is 4.98 Å². The molecular weight excluding hydrogens is 319 g/mol. The third-order valence-corrected chi connectivity index (χ3v) is 4.92. The number of alkyl halides is 3. The number of rotatable bonds is 5. The molecule has 1 aliphatic rings. The monoisotopic (exact) mass is 343 g/mol. The van der Waals surface area contributed by atoms with Crippen LogP contribution in [-0.2, 0) is 15.7 Å². The fourth-order valence-corrected chi connectivity index (χ4v) is 3.65. The largest absolute Gasteiger partial charge is 0.466 e. The summed E-state index contributed by atoms with van der Waals surface area (Å²) in [6.45, 7) is 4.15. The van der Waals surface area contributed by atoms with Gasteiger partial charge in [-0.25, -0.2) is 0 Å². The lowest BCUT2D eigenvalue weighted by Crippen LogP contribution is -2.28. The molecule has 1 heterocycles. The Morgan fingerprint density at radius 2 is 1.96 bits per heavy atom. The number of aromatic nitrogens is 1. The molecule has 0 spiro atoms. The summed E-state index contributed by atoms with van der Waals surface area (Å²) in [5, 5.41) is 0. The summed E-state index contributed by atoms with van der Waals surface area (Å²) in [5.74, 6) is 0.111. The van der Waals surface area contributed by atoms with Gasteiger partial charge in [0.25, 0.3) is 0 Å². The summed E-state index contributed by atoms with van der Waals surface area (Å²) in [4.78, 5) is 15.4. The van der Waals surface area contributed by atoms with Crippen LogP contribution < -0.4 is 0 Å². The number of hydrogen-bond acceptors (Lipinski definition) is 3. The highest BCUT2D eigenvalue weighted by molar-refractivity contribution is 5.72. The number of hydrogen-bond donors (Lipinski definition) is 0. The van der Waals surface area contributed by atoms with Gasteiger partial charge in [-0.1, -0.05) is 6.92 Å². The van der Waals surface area contributed by atoms with E-state index in [2.05, 4.69) is 4.98 Å². The first-order chi connectivity index (χ1) is 11.4. The molecule has 1 aromatic heterocycles. The lowest BCUT2D eigenvalue weighted by Gasteiger charge is -2.32. The van der Waals surface area contributed by atoms with Crippen LogP contribution in [0.25, 0.3) is 0 Å². The number of carbonyl (C=O) groups excluding carboxylic acids is 1. The highest BCUT2D eigenvalue weighted by atomic mass is 19.4. The van der Waals surface area contributed by atoms with Gasteiger partial charge in [0.1, 0.15) is 5.69 Å². The van der Waals surface area contributed by atoms with Crippen molar-refractivity contribution in [2.24, 2.45) is 11.8 Å². The zero-order valence-corrected chi connectivity index (χ0v) is 14.1. The lowest BCUT2D eigenvalue weighted by molar-refractivity contribution is -0.150. The van der Waals surface area contributed by atoms with Gasteiger partial charge in [-0.05, 0) is 68.6 Å². The first-order valence-corrected chi connectivity index (χ1v) is 8.56. The maximum Gasteiger partial charge on any atom is 0.433 e. The summed E-state index contributed by atoms with van der Waals surface area (Å²) in [5.41, 5.74) is -0.139. The molecule has 2 rings (SSSR count). The van der Waals surface area contributed by atoms with Crippen molar-refractivity contribution in [3.05, 3.63) is 29.6 Å². The van der Waals surface area contributed by atoms with E-state index < -0.39 is 11.9 Å². The fraction of sp³-hybridized carbons (Fsp3) is 0.667. The van der Waals surface area contributed by atoms with Crippen LogP contribution in [0.2, 0.25) is 0 Å². The Bertz CT molecular complexity index is 551. The molecule has 1 fully saturated rings. The van der Waals surface area contributed by atoms with E-state index in [1.54, 1.807) is 13.0 Å². The molecule has 1 aliphatic carbocycles. The zero-order valence-electron chi connectivity index (χ0n) is 14.1. The van der Waals surface area contributed by atoms with Crippen molar-refractivity contribution in [1.29, 1.82) is 0 Å². The molecule has 1 unspecified atom stereocenters. The molecule has 1 atom stereocenters. The first kappa shape index (κ1) is 18.7. The number of esters is 1. The molecule has 0 aromatic carbocycles. The van der Waals surface area contributed by atoms with Crippen LogP contribution in [0, 0.1) is 11.8 Å². The van der Waals surface area contributed by atoms with E-state index in [9.17, 15) is 18.0 Å². The molecule has 0 bridgehead atoms. The second-order valence-corrected chi connectivity index (χ2v) is 6.35. The van der Waals surface area contributed by atoms with Crippen molar-refractivity contribution in [3.63, 3.8) is 0 Å². The molecule has 134 valence electrons. The number of pyridine rings is 1. The zero-order chi connectivity index (χ0) is 17.7. The highest BCUT2D eigenvalue weighted by Gasteiger charge is 2.35. The van der Waals surface area contributed by atoms with Crippen LogP contribution >= 0.6 is 0 Å². The average molecular weight is 343 g/mol. The molecule has 6 heteroatoms. The summed E-state index contributed by atoms with van der Waals surface area (Å²) in [6, 6.07) is 2.83. The maximum absolute atomic E-state index is 12.8. The molecule has 0 amide bonds. The van der Waals surface area contributed by atoms with E-state index in [1.165, 1.54) is 6.20 Å². The second-order valence-electron chi connectivity index (χ2n) is 6.35. The van der Waals surface area contributed by atoms with E-state index in [0.29, 0.717) is 12.2 Å². The normalized spacial score (nSPS) is 22.9. The molecule has 24 heavy (non-hydrogen) atoms. The molecule has 3 nitrogen and oxygen atoms in total. The summed E-state index contributed by atoms with van der Waals surface area (Å²) in [6.07, 6.45) is 0.824. The Morgan fingerprint density at radius 1 is 1.29 bits per heavy atom. The summed E-state index contributed by atoms with van der Waals surface area (Å²) in [7, 11) is 0. The van der Waals surface area contributed by atoms with Crippen LogP contribution in [-0.4, -0.2) is 17.6 Å². The van der Waals surface area contributed by atoms with Crippen molar-refractivity contribution >= 4 is 5.97 Å². The molecule has 0 saturated heterocycles. The van der Waals surface area contributed by atoms with Crippen molar-refractivity contribution in [2.45, 2.75) is 58.0 Å². The molecule has 1 aromatic rings. The predicted molar refractivity (Wildman–Crippen MR) is 84.4 cm³/mol. The predicted octanol–water partition coefficient (Wildman–Crippen LogP) is 4.96. The lowest BCUT2D eigenvalue weighted by atomic mass is 9.73. The quantitative estimate of drug-likeness (QED) is 0.709. The summed E-state index contributed by atoms with van der Waals surface area (Å²) < 4.78 is 43.5. The van der Waals surface area contributed by atoms with Gasteiger partial charge in [-0.15, -0.1) is 0 Å². The standard InChI is InChI=1S/C18H24F3NO2/c1-3-15(17(23)24-4-2)13-7-5-12(6-8-13)14-9-10-22-16(11-14)18(19,20)21/h9-13,15H,3-8H2,1-2H3. The van der Waals surface area contributed by atoms with E-state index in [-0.39, 0.29) is 23.7 Å². The van der Waals surface area contributed by atoms with Gasteiger partial charge < -0.3 is 4.74 Å². The average Bonchev–Trinajstić information content (AvgIpc) is 2.56. The van der Waals surface area contributed by atoms with Gasteiger partial charge in [0.15, 0.2) is 0 Å². The van der Waals surface area contributed by atoms with E-state index in [1.807, 2.05) is 6.92 Å². The van der Waals surface area contributed by atoms with E-state index in [4.69, 9.17) is 4.74 Å². The van der Waals surface area contributed by atoms with E-state index >= 15 is 0 Å². The number of carbonyl (C=O) groups is 1. The molecular formula is C18H24F3NO2. The smallest absolute Gasteiger partial charge is 0.433 e. The molecule has 0 radical (unpaired) electrons. The second kappa shape index (κ2) is 7.99. The number of ether oxygens (including phenoxy) is 1. The third kappa shape index (κ3) is 4.48. The van der Waals surface area contributed by atoms with Crippen molar-refractivity contribution < 1.29 is 22.7 Å². The Hall–Kier alpha value is -1.59. The van der Waals surface area contributed by atoms with Gasteiger partial charge in [0.2, 0.25) is 0 Å². The van der Waals surface area contributed by atoms with Gasteiger partial charge in [0.05, 0.1) is 12.5 Å². The fourth-order valence-electron chi connectivity index (χ4n) is 3.65. The van der Waals surface area contributed by atoms with Crippen LogP contribution in [0.5, 0.6) is 0 Å². The van der Waals surface area contributed by atoms with Crippen LogP contribution in [0.15, 0.2) is 18.3 Å². The third-order valence-electron chi connectivity index (χ3n) is 4.92. The molecule has 0 aliphatic heterocycles. The maximum atomic E-state index is 12.8. The minimum Gasteiger partial charge on any atom is -0.466 e. The Morgan fingerprint density at radius 3 is 2.50 bits per heavy atom.